The van der Waals surface area contributed by atoms with Crippen LogP contribution in [0.3, 0.4) is 0 Å². The highest BCUT2D eigenvalue weighted by atomic mass is 16.6. The summed E-state index contributed by atoms with van der Waals surface area (Å²) in [6.07, 6.45) is 1.36. The Morgan fingerprint density at radius 1 is 1.69 bits per heavy atom. The van der Waals surface area contributed by atoms with E-state index in [2.05, 4.69) is 5.10 Å². The van der Waals surface area contributed by atoms with Gasteiger partial charge in [-0.15, -0.1) is 5.10 Å². The van der Waals surface area contributed by atoms with Crippen LogP contribution >= 0.6 is 0 Å². The Bertz CT molecular complexity index is 319. The van der Waals surface area contributed by atoms with Crippen molar-refractivity contribution in [3.05, 3.63) is 16.3 Å². The van der Waals surface area contributed by atoms with Crippen LogP contribution in [0.5, 0.6) is 5.88 Å². The molecule has 0 aliphatic carbocycles. The third kappa shape index (κ3) is 1.77. The fourth-order valence-corrected chi connectivity index (χ4v) is 0.901. The molecule has 6 nitrogen and oxygen atoms in total. The molecule has 0 amide bonds. The van der Waals surface area contributed by atoms with Gasteiger partial charge in [-0.2, -0.15) is 0 Å². The first kappa shape index (κ1) is 9.50. The highest BCUT2D eigenvalue weighted by molar-refractivity contribution is 5.38. The molecule has 0 saturated heterocycles. The van der Waals surface area contributed by atoms with Crippen LogP contribution in [0, 0.1) is 10.1 Å². The second kappa shape index (κ2) is 3.42. The topological polar surface area (TPSA) is 70.2 Å². The minimum Gasteiger partial charge on any atom is -0.475 e. The van der Waals surface area contributed by atoms with Crippen molar-refractivity contribution in [2.75, 3.05) is 7.11 Å². The first-order chi connectivity index (χ1) is 6.06. The van der Waals surface area contributed by atoms with Crippen molar-refractivity contribution in [3.63, 3.8) is 0 Å². The van der Waals surface area contributed by atoms with Crippen LogP contribution in [0.1, 0.15) is 19.9 Å². The van der Waals surface area contributed by atoms with Crippen molar-refractivity contribution in [2.24, 2.45) is 0 Å². The van der Waals surface area contributed by atoms with E-state index in [-0.39, 0.29) is 17.6 Å². The third-order valence-electron chi connectivity index (χ3n) is 1.60. The number of ether oxygens (including phenoxy) is 1. The predicted molar refractivity (Wildman–Crippen MR) is 45.8 cm³/mol. The Hall–Kier alpha value is -1.59. The zero-order chi connectivity index (χ0) is 10.0. The normalized spacial score (nSPS) is 10.5. The maximum Gasteiger partial charge on any atom is 0.350 e. The van der Waals surface area contributed by atoms with Gasteiger partial charge in [-0.05, 0) is 13.8 Å². The van der Waals surface area contributed by atoms with Crippen molar-refractivity contribution in [1.29, 1.82) is 0 Å². The molecule has 0 aromatic carbocycles. The van der Waals surface area contributed by atoms with E-state index >= 15 is 0 Å². The Balaban J connectivity index is 3.11. The van der Waals surface area contributed by atoms with Crippen LogP contribution in [-0.2, 0) is 0 Å². The molecule has 1 aromatic rings. The zero-order valence-electron chi connectivity index (χ0n) is 7.72. The van der Waals surface area contributed by atoms with Gasteiger partial charge in [-0.25, -0.2) is 0 Å². The van der Waals surface area contributed by atoms with E-state index in [4.69, 9.17) is 4.74 Å². The molecule has 0 spiro atoms. The summed E-state index contributed by atoms with van der Waals surface area (Å²) in [5.41, 5.74) is -0.101. The van der Waals surface area contributed by atoms with E-state index in [0.717, 1.165) is 0 Å². The van der Waals surface area contributed by atoms with Crippen LogP contribution in [0.25, 0.3) is 0 Å². The molecule has 0 radical (unpaired) electrons. The number of nitro groups is 1. The van der Waals surface area contributed by atoms with Gasteiger partial charge >= 0.3 is 11.6 Å². The monoisotopic (exact) mass is 185 g/mol. The molecule has 0 atom stereocenters. The van der Waals surface area contributed by atoms with Crippen LogP contribution in [0.4, 0.5) is 5.69 Å². The third-order valence-corrected chi connectivity index (χ3v) is 1.60. The minimum absolute atomic E-state index is 0.0544. The van der Waals surface area contributed by atoms with Gasteiger partial charge in [0.1, 0.15) is 6.20 Å². The molecular weight excluding hydrogens is 174 g/mol. The number of aromatic nitrogens is 2. The lowest BCUT2D eigenvalue weighted by Crippen LogP contribution is -2.00. The van der Waals surface area contributed by atoms with Crippen LogP contribution in [0.15, 0.2) is 6.20 Å². The lowest BCUT2D eigenvalue weighted by molar-refractivity contribution is -0.385. The fourth-order valence-electron chi connectivity index (χ4n) is 0.901. The van der Waals surface area contributed by atoms with Crippen molar-refractivity contribution < 1.29 is 9.66 Å². The average molecular weight is 185 g/mol. The first-order valence-electron chi connectivity index (χ1n) is 3.83. The number of nitrogens with zero attached hydrogens (tertiary/aromatic N) is 3. The lowest BCUT2D eigenvalue weighted by Gasteiger charge is -2.01. The highest BCUT2D eigenvalue weighted by Gasteiger charge is 2.20. The van der Waals surface area contributed by atoms with E-state index in [1.165, 1.54) is 18.0 Å². The van der Waals surface area contributed by atoms with Crippen LogP contribution in [0.2, 0.25) is 0 Å². The molecule has 1 aromatic heterocycles. The van der Waals surface area contributed by atoms with Crippen molar-refractivity contribution in [3.8, 4) is 5.88 Å². The van der Waals surface area contributed by atoms with E-state index in [1.54, 1.807) is 0 Å². The number of methoxy groups -OCH3 is 1. The molecule has 0 fully saturated rings. The summed E-state index contributed by atoms with van der Waals surface area (Å²) in [5, 5.41) is 14.4. The van der Waals surface area contributed by atoms with Gasteiger partial charge in [0.2, 0.25) is 0 Å². The smallest absolute Gasteiger partial charge is 0.350 e. The van der Waals surface area contributed by atoms with Gasteiger partial charge in [-0.1, -0.05) is 0 Å². The molecule has 0 aliphatic heterocycles. The molecule has 6 heteroatoms. The van der Waals surface area contributed by atoms with Gasteiger partial charge in [-0.3, -0.25) is 14.8 Å². The second-order valence-corrected chi connectivity index (χ2v) is 2.85. The van der Waals surface area contributed by atoms with Crippen LogP contribution < -0.4 is 4.74 Å². The van der Waals surface area contributed by atoms with E-state index in [1.807, 2.05) is 13.8 Å². The molecule has 1 heterocycles. The maximum atomic E-state index is 10.5. The van der Waals surface area contributed by atoms with E-state index in [9.17, 15) is 10.1 Å². The van der Waals surface area contributed by atoms with E-state index < -0.39 is 4.92 Å². The SMILES string of the molecule is COc1nn(C(C)C)cc1[N+](=O)[O-]. The number of rotatable bonds is 3. The Morgan fingerprint density at radius 3 is 2.62 bits per heavy atom. The summed E-state index contributed by atoms with van der Waals surface area (Å²) >= 11 is 0. The average Bonchev–Trinajstić information content (AvgIpc) is 2.47. The molecule has 72 valence electrons. The Kier molecular flexibility index (Phi) is 2.50. The first-order valence-corrected chi connectivity index (χ1v) is 3.83. The van der Waals surface area contributed by atoms with Crippen molar-refractivity contribution in [2.45, 2.75) is 19.9 Å². The second-order valence-electron chi connectivity index (χ2n) is 2.85. The zero-order valence-corrected chi connectivity index (χ0v) is 7.72. The summed E-state index contributed by atoms with van der Waals surface area (Å²) in [7, 11) is 1.36. The van der Waals surface area contributed by atoms with Gasteiger partial charge in [0, 0.05) is 6.04 Å². The largest absolute Gasteiger partial charge is 0.475 e. The number of hydrogen-bond donors (Lipinski definition) is 0. The van der Waals surface area contributed by atoms with Gasteiger partial charge in [0.05, 0.1) is 12.0 Å². The summed E-state index contributed by atoms with van der Waals surface area (Å²) in [4.78, 5) is 9.98. The van der Waals surface area contributed by atoms with E-state index in [0.29, 0.717) is 0 Å². The molecule has 13 heavy (non-hydrogen) atoms. The van der Waals surface area contributed by atoms with Gasteiger partial charge in [0.25, 0.3) is 0 Å². The quantitative estimate of drug-likeness (QED) is 0.526. The molecule has 1 rings (SSSR count). The van der Waals surface area contributed by atoms with Gasteiger partial charge < -0.3 is 4.74 Å². The fraction of sp³-hybridized carbons (Fsp3) is 0.571. The standard InChI is InChI=1S/C7H11N3O3/c1-5(2)9-4-6(10(11)12)7(8-9)13-3/h4-5H,1-3H3. The molecule has 0 bridgehead atoms. The van der Waals surface area contributed by atoms with Crippen molar-refractivity contribution >= 4 is 5.69 Å². The van der Waals surface area contributed by atoms with Crippen molar-refractivity contribution in [1.82, 2.24) is 9.78 Å². The number of hydrogen-bond acceptors (Lipinski definition) is 4. The maximum absolute atomic E-state index is 10.5. The highest BCUT2D eigenvalue weighted by Crippen LogP contribution is 2.25. The van der Waals surface area contributed by atoms with Crippen LogP contribution in [-0.4, -0.2) is 21.8 Å². The van der Waals surface area contributed by atoms with Gasteiger partial charge in [0.15, 0.2) is 0 Å². The Labute approximate surface area is 75.3 Å². The minimum atomic E-state index is -0.509. The molecule has 0 unspecified atom stereocenters. The molecular formula is C7H11N3O3. The lowest BCUT2D eigenvalue weighted by atomic mass is 10.4. The summed E-state index contributed by atoms with van der Waals surface area (Å²) in [6.45, 7) is 3.77. The molecule has 0 aliphatic rings. The molecule has 0 saturated carbocycles. The summed E-state index contributed by atoms with van der Waals surface area (Å²) < 4.78 is 6.26. The summed E-state index contributed by atoms with van der Waals surface area (Å²) in [5.74, 6) is 0.0544. The molecule has 0 N–H and O–H groups in total. The summed E-state index contributed by atoms with van der Waals surface area (Å²) in [6, 6.07) is 0.0857. The predicted octanol–water partition coefficient (Wildman–Crippen LogP) is 1.38. The Morgan fingerprint density at radius 2 is 2.31 bits per heavy atom.